The highest BCUT2D eigenvalue weighted by Gasteiger charge is 2.30. The minimum Gasteiger partial charge on any atom is -0.381 e. The lowest BCUT2D eigenvalue weighted by Crippen LogP contribution is -2.27. The first-order valence-corrected chi connectivity index (χ1v) is 8.91. The molecule has 0 spiro atoms. The molecule has 110 valence electrons. The molecule has 0 aliphatic heterocycles. The Bertz CT molecular complexity index is 577. The standard InChI is InChI=1S/C15H22N2O2S/c1-11(10-12-6-7-12)16-14-4-2-3-5-15(14)20(18,19)17-13-8-9-13/h2-5,11-13,16-17H,6-10H2,1H3. The Labute approximate surface area is 121 Å². The van der Waals surface area contributed by atoms with Crippen molar-refractivity contribution in [2.75, 3.05) is 5.32 Å². The van der Waals surface area contributed by atoms with Gasteiger partial charge in [-0.3, -0.25) is 0 Å². The fraction of sp³-hybridized carbons (Fsp3) is 0.600. The van der Waals surface area contributed by atoms with Crippen molar-refractivity contribution in [2.45, 2.75) is 56.0 Å². The molecule has 2 aliphatic rings. The molecule has 0 radical (unpaired) electrons. The van der Waals surface area contributed by atoms with Crippen LogP contribution in [0.2, 0.25) is 0 Å². The number of anilines is 1. The largest absolute Gasteiger partial charge is 0.381 e. The van der Waals surface area contributed by atoms with Crippen LogP contribution in [0.5, 0.6) is 0 Å². The fourth-order valence-corrected chi connectivity index (χ4v) is 3.96. The lowest BCUT2D eigenvalue weighted by Gasteiger charge is -2.18. The molecule has 0 amide bonds. The van der Waals surface area contributed by atoms with Gasteiger partial charge < -0.3 is 5.32 Å². The van der Waals surface area contributed by atoms with Crippen molar-refractivity contribution < 1.29 is 8.42 Å². The van der Waals surface area contributed by atoms with Gasteiger partial charge in [0.05, 0.1) is 5.69 Å². The molecule has 0 heterocycles. The van der Waals surface area contributed by atoms with Gasteiger partial charge in [-0.25, -0.2) is 13.1 Å². The lowest BCUT2D eigenvalue weighted by atomic mass is 10.1. The molecule has 1 atom stereocenters. The van der Waals surface area contributed by atoms with E-state index in [1.54, 1.807) is 12.1 Å². The minimum atomic E-state index is -3.40. The zero-order valence-electron chi connectivity index (χ0n) is 11.8. The number of rotatable bonds is 7. The number of benzene rings is 1. The molecule has 2 fully saturated rings. The summed E-state index contributed by atoms with van der Waals surface area (Å²) >= 11 is 0. The molecule has 2 N–H and O–H groups in total. The first-order valence-electron chi connectivity index (χ1n) is 7.42. The number of sulfonamides is 1. The summed E-state index contributed by atoms with van der Waals surface area (Å²) in [5, 5.41) is 3.36. The van der Waals surface area contributed by atoms with Gasteiger partial charge in [-0.15, -0.1) is 0 Å². The number of hydrogen-bond donors (Lipinski definition) is 2. The zero-order valence-corrected chi connectivity index (χ0v) is 12.6. The molecule has 5 heteroatoms. The van der Waals surface area contributed by atoms with Crippen molar-refractivity contribution >= 4 is 15.7 Å². The van der Waals surface area contributed by atoms with E-state index in [1.165, 1.54) is 12.8 Å². The second-order valence-corrected chi connectivity index (χ2v) is 7.80. The minimum absolute atomic E-state index is 0.136. The van der Waals surface area contributed by atoms with Crippen molar-refractivity contribution in [1.82, 2.24) is 4.72 Å². The second kappa shape index (κ2) is 5.37. The van der Waals surface area contributed by atoms with Gasteiger partial charge in [-0.1, -0.05) is 25.0 Å². The maximum absolute atomic E-state index is 12.4. The first kappa shape index (κ1) is 13.9. The van der Waals surface area contributed by atoms with Crippen molar-refractivity contribution in [3.05, 3.63) is 24.3 Å². The van der Waals surface area contributed by atoms with Gasteiger partial charge in [0.2, 0.25) is 10.0 Å². The fourth-order valence-electron chi connectivity index (χ4n) is 2.48. The van der Waals surface area contributed by atoms with Crippen molar-refractivity contribution in [3.8, 4) is 0 Å². The molecular formula is C15H22N2O2S. The van der Waals surface area contributed by atoms with Crippen molar-refractivity contribution in [3.63, 3.8) is 0 Å². The normalized spacial score (nSPS) is 20.6. The Morgan fingerprint density at radius 1 is 1.20 bits per heavy atom. The molecular weight excluding hydrogens is 272 g/mol. The predicted molar refractivity (Wildman–Crippen MR) is 80.2 cm³/mol. The summed E-state index contributed by atoms with van der Waals surface area (Å²) in [6.45, 7) is 2.12. The molecule has 2 saturated carbocycles. The first-order chi connectivity index (χ1) is 9.54. The molecule has 0 aromatic heterocycles. The van der Waals surface area contributed by atoms with Gasteiger partial charge >= 0.3 is 0 Å². The Morgan fingerprint density at radius 2 is 1.90 bits per heavy atom. The lowest BCUT2D eigenvalue weighted by molar-refractivity contribution is 0.580. The molecule has 1 unspecified atom stereocenters. The summed E-state index contributed by atoms with van der Waals surface area (Å²) in [5.74, 6) is 0.825. The second-order valence-electron chi connectivity index (χ2n) is 6.12. The van der Waals surface area contributed by atoms with E-state index in [1.807, 2.05) is 12.1 Å². The molecule has 20 heavy (non-hydrogen) atoms. The summed E-state index contributed by atoms with van der Waals surface area (Å²) < 4.78 is 27.5. The third-order valence-electron chi connectivity index (χ3n) is 3.86. The topological polar surface area (TPSA) is 58.2 Å². The quantitative estimate of drug-likeness (QED) is 0.813. The van der Waals surface area contributed by atoms with E-state index < -0.39 is 10.0 Å². The molecule has 4 nitrogen and oxygen atoms in total. The Morgan fingerprint density at radius 3 is 2.55 bits per heavy atom. The van der Waals surface area contributed by atoms with E-state index in [4.69, 9.17) is 0 Å². The smallest absolute Gasteiger partial charge is 0.242 e. The van der Waals surface area contributed by atoms with Gasteiger partial charge in [-0.05, 0) is 44.2 Å². The molecule has 0 bridgehead atoms. The van der Waals surface area contributed by atoms with Crippen molar-refractivity contribution in [1.29, 1.82) is 0 Å². The van der Waals surface area contributed by atoms with Gasteiger partial charge in [0, 0.05) is 12.1 Å². The van der Waals surface area contributed by atoms with E-state index in [-0.39, 0.29) is 6.04 Å². The van der Waals surface area contributed by atoms with E-state index in [2.05, 4.69) is 17.0 Å². The average molecular weight is 294 g/mol. The van der Waals surface area contributed by atoms with Crippen LogP contribution in [0, 0.1) is 5.92 Å². The van der Waals surface area contributed by atoms with E-state index in [0.29, 0.717) is 16.6 Å². The number of para-hydroxylation sites is 1. The highest BCUT2D eigenvalue weighted by molar-refractivity contribution is 7.89. The number of nitrogens with one attached hydrogen (secondary N) is 2. The molecule has 0 saturated heterocycles. The summed E-state index contributed by atoms with van der Waals surface area (Å²) in [5.41, 5.74) is 0.716. The Hall–Kier alpha value is -1.07. The average Bonchev–Trinajstić information content (AvgIpc) is 3.26. The maximum Gasteiger partial charge on any atom is 0.242 e. The number of hydrogen-bond acceptors (Lipinski definition) is 3. The van der Waals surface area contributed by atoms with E-state index in [9.17, 15) is 8.42 Å². The predicted octanol–water partition coefficient (Wildman–Crippen LogP) is 2.73. The monoisotopic (exact) mass is 294 g/mol. The van der Waals surface area contributed by atoms with Gasteiger partial charge in [-0.2, -0.15) is 0 Å². The van der Waals surface area contributed by atoms with E-state index in [0.717, 1.165) is 25.2 Å². The van der Waals surface area contributed by atoms with Crippen LogP contribution in [0.1, 0.15) is 39.0 Å². The summed E-state index contributed by atoms with van der Waals surface area (Å²) in [4.78, 5) is 0.370. The van der Waals surface area contributed by atoms with Gasteiger partial charge in [0.25, 0.3) is 0 Å². The highest BCUT2D eigenvalue weighted by atomic mass is 32.2. The third-order valence-corrected chi connectivity index (χ3v) is 5.44. The molecule has 1 aromatic carbocycles. The van der Waals surface area contributed by atoms with Gasteiger partial charge in [0.1, 0.15) is 4.90 Å². The molecule has 1 aromatic rings. The SMILES string of the molecule is CC(CC1CC1)Nc1ccccc1S(=O)(=O)NC1CC1. The van der Waals surface area contributed by atoms with E-state index >= 15 is 0 Å². The van der Waals surface area contributed by atoms with Gasteiger partial charge in [0.15, 0.2) is 0 Å². The van der Waals surface area contributed by atoms with Crippen LogP contribution in [0.25, 0.3) is 0 Å². The Balaban J connectivity index is 1.75. The summed E-state index contributed by atoms with van der Waals surface area (Å²) in [7, 11) is -3.40. The van der Waals surface area contributed by atoms with Crippen LogP contribution in [-0.4, -0.2) is 20.5 Å². The summed E-state index contributed by atoms with van der Waals surface area (Å²) in [6.07, 6.45) is 5.65. The van der Waals surface area contributed by atoms with Crippen molar-refractivity contribution in [2.24, 2.45) is 5.92 Å². The third kappa shape index (κ3) is 3.52. The zero-order chi connectivity index (χ0) is 14.2. The summed E-state index contributed by atoms with van der Waals surface area (Å²) in [6, 6.07) is 7.62. The van der Waals surface area contributed by atoms with Crippen LogP contribution in [0.4, 0.5) is 5.69 Å². The molecule has 2 aliphatic carbocycles. The Kier molecular flexibility index (Phi) is 3.73. The van der Waals surface area contributed by atoms with Crippen LogP contribution < -0.4 is 10.0 Å². The van der Waals surface area contributed by atoms with Crippen LogP contribution >= 0.6 is 0 Å². The van der Waals surface area contributed by atoms with Crippen LogP contribution in [0.15, 0.2) is 29.2 Å². The molecule has 3 rings (SSSR count). The van der Waals surface area contributed by atoms with Crippen LogP contribution in [-0.2, 0) is 10.0 Å². The maximum atomic E-state index is 12.4. The van der Waals surface area contributed by atoms with Crippen LogP contribution in [0.3, 0.4) is 0 Å². The highest BCUT2D eigenvalue weighted by Crippen LogP contribution is 2.34.